The Bertz CT molecular complexity index is 869. The lowest BCUT2D eigenvalue weighted by Gasteiger charge is -2.39. The Morgan fingerprint density at radius 1 is 1.09 bits per heavy atom. The molecule has 0 aromatic heterocycles. The van der Waals surface area contributed by atoms with Gasteiger partial charge >= 0.3 is 0 Å². The largest absolute Gasteiger partial charge is 0.379 e. The van der Waals surface area contributed by atoms with Crippen molar-refractivity contribution >= 4 is 16.7 Å². The number of nitrogens with zero attached hydrogens (tertiary/aromatic N) is 2. The third-order valence-corrected chi connectivity index (χ3v) is 7.06. The van der Waals surface area contributed by atoms with Crippen molar-refractivity contribution in [2.75, 3.05) is 59.0 Å². The summed E-state index contributed by atoms with van der Waals surface area (Å²) in [5, 5.41) is 5.93. The Hall–Kier alpha value is -1.95. The number of hydrogen-bond acceptors (Lipinski definition) is 4. The fourth-order valence-corrected chi connectivity index (χ4v) is 5.24. The second-order valence-electron chi connectivity index (χ2n) is 9.85. The van der Waals surface area contributed by atoms with Gasteiger partial charge in [-0.3, -0.25) is 14.6 Å². The van der Waals surface area contributed by atoms with Crippen molar-refractivity contribution in [3.63, 3.8) is 0 Å². The van der Waals surface area contributed by atoms with Crippen LogP contribution in [0.1, 0.15) is 46.1 Å². The molecule has 1 aliphatic rings. The first-order valence-corrected chi connectivity index (χ1v) is 12.7. The summed E-state index contributed by atoms with van der Waals surface area (Å²) in [6.07, 6.45) is 2.06. The van der Waals surface area contributed by atoms with Crippen LogP contribution in [-0.4, -0.2) is 74.7 Å². The van der Waals surface area contributed by atoms with Crippen LogP contribution in [0, 0.1) is 5.92 Å². The minimum Gasteiger partial charge on any atom is -0.379 e. The Kier molecular flexibility index (Phi) is 9.72. The molecule has 0 radical (unpaired) electrons. The molecule has 1 fully saturated rings. The molecule has 0 spiro atoms. The Balaban J connectivity index is 1.93. The van der Waals surface area contributed by atoms with E-state index in [4.69, 9.17) is 4.74 Å². The summed E-state index contributed by atoms with van der Waals surface area (Å²) < 4.78 is 5.57. The van der Waals surface area contributed by atoms with E-state index in [2.05, 4.69) is 85.3 Å². The summed E-state index contributed by atoms with van der Waals surface area (Å²) in [4.78, 5) is 17.6. The van der Waals surface area contributed by atoms with Gasteiger partial charge in [0.25, 0.3) is 0 Å². The zero-order chi connectivity index (χ0) is 23.7. The third kappa shape index (κ3) is 7.02. The maximum atomic E-state index is 12.9. The van der Waals surface area contributed by atoms with Crippen LogP contribution in [0.4, 0.5) is 0 Å². The second-order valence-corrected chi connectivity index (χ2v) is 9.85. The molecule has 5 nitrogen and oxygen atoms in total. The molecule has 1 amide bonds. The average Bonchev–Trinajstić information content (AvgIpc) is 2.84. The molecule has 5 heteroatoms. The number of ether oxygens (including phenoxy) is 1. The number of carbonyl (C=O) groups excluding carboxylic acids is 1. The summed E-state index contributed by atoms with van der Waals surface area (Å²) in [5.41, 5.74) is 1.25. The molecule has 1 aliphatic heterocycles. The van der Waals surface area contributed by atoms with E-state index in [1.165, 1.54) is 16.3 Å². The van der Waals surface area contributed by atoms with Crippen LogP contribution in [0.3, 0.4) is 0 Å². The lowest BCUT2D eigenvalue weighted by molar-refractivity contribution is -0.122. The van der Waals surface area contributed by atoms with Gasteiger partial charge in [0, 0.05) is 25.0 Å². The molecule has 33 heavy (non-hydrogen) atoms. The van der Waals surface area contributed by atoms with E-state index in [0.29, 0.717) is 19.0 Å². The maximum Gasteiger partial charge on any atom is 0.234 e. The molecule has 2 aromatic rings. The minimum atomic E-state index is -0.119. The van der Waals surface area contributed by atoms with Gasteiger partial charge in [-0.25, -0.2) is 0 Å². The van der Waals surface area contributed by atoms with Crippen molar-refractivity contribution in [2.45, 2.75) is 46.0 Å². The van der Waals surface area contributed by atoms with E-state index in [1.54, 1.807) is 0 Å². The molecule has 1 N–H and O–H groups in total. The predicted octanol–water partition coefficient (Wildman–Crippen LogP) is 4.30. The smallest absolute Gasteiger partial charge is 0.234 e. The second kappa shape index (κ2) is 12.5. The third-order valence-electron chi connectivity index (χ3n) is 7.06. The molecule has 0 aliphatic carbocycles. The van der Waals surface area contributed by atoms with Gasteiger partial charge in [0.1, 0.15) is 0 Å². The molecular formula is C28H43N3O2. The molecule has 3 rings (SSSR count). The highest BCUT2D eigenvalue weighted by Gasteiger charge is 2.35. The normalized spacial score (nSPS) is 16.9. The van der Waals surface area contributed by atoms with E-state index in [0.717, 1.165) is 58.8 Å². The van der Waals surface area contributed by atoms with Crippen LogP contribution < -0.4 is 5.32 Å². The van der Waals surface area contributed by atoms with E-state index in [1.807, 2.05) is 0 Å². The van der Waals surface area contributed by atoms with Gasteiger partial charge in [0.05, 0.1) is 19.8 Å². The van der Waals surface area contributed by atoms with Crippen LogP contribution in [0.15, 0.2) is 42.5 Å². The van der Waals surface area contributed by atoms with Gasteiger partial charge in [-0.1, -0.05) is 70.2 Å². The quantitative estimate of drug-likeness (QED) is 0.520. The molecule has 182 valence electrons. The first-order chi connectivity index (χ1) is 16.0. The van der Waals surface area contributed by atoms with Gasteiger partial charge in [0.2, 0.25) is 5.91 Å². The maximum absolute atomic E-state index is 12.9. The zero-order valence-electron chi connectivity index (χ0n) is 21.1. The average molecular weight is 454 g/mol. The fraction of sp³-hybridized carbons (Fsp3) is 0.607. The van der Waals surface area contributed by atoms with Crippen LogP contribution in [0.2, 0.25) is 0 Å². The number of nitrogens with one attached hydrogen (secondary N) is 1. The predicted molar refractivity (Wildman–Crippen MR) is 138 cm³/mol. The molecule has 1 unspecified atom stereocenters. The van der Waals surface area contributed by atoms with Crippen molar-refractivity contribution in [3.8, 4) is 0 Å². The molecule has 0 bridgehead atoms. The summed E-state index contributed by atoms with van der Waals surface area (Å²) in [7, 11) is 0. The SMILES string of the molecule is CCN(CC)CC(=O)NCC(CCN1CCOCC1)(CC(C)C)c1cccc2ccccc12. The van der Waals surface area contributed by atoms with Crippen LogP contribution >= 0.6 is 0 Å². The van der Waals surface area contributed by atoms with E-state index in [9.17, 15) is 4.79 Å². The fourth-order valence-electron chi connectivity index (χ4n) is 5.24. The number of benzene rings is 2. The number of hydrogen-bond donors (Lipinski definition) is 1. The van der Waals surface area contributed by atoms with Crippen molar-refractivity contribution in [1.82, 2.24) is 15.1 Å². The van der Waals surface area contributed by atoms with Gasteiger partial charge < -0.3 is 10.1 Å². The molecule has 2 aromatic carbocycles. The number of likely N-dealkylation sites (N-methyl/N-ethyl adjacent to an activating group) is 1. The lowest BCUT2D eigenvalue weighted by Crippen LogP contribution is -2.47. The first kappa shape index (κ1) is 25.7. The number of morpholine rings is 1. The standard InChI is InChI=1S/C28H43N3O2/c1-5-30(6-2)21-27(32)29-22-28(20-23(3)4,14-15-31-16-18-33-19-17-31)26-13-9-11-24-10-7-8-12-25(24)26/h7-13,23H,5-6,14-22H2,1-4H3,(H,29,32). The number of carbonyl (C=O) groups is 1. The Labute approximate surface area is 200 Å². The van der Waals surface area contributed by atoms with Crippen molar-refractivity contribution in [1.29, 1.82) is 0 Å². The van der Waals surface area contributed by atoms with Crippen molar-refractivity contribution in [2.24, 2.45) is 5.92 Å². The number of amides is 1. The molecule has 0 saturated carbocycles. The van der Waals surface area contributed by atoms with E-state index < -0.39 is 0 Å². The molecular weight excluding hydrogens is 410 g/mol. The lowest BCUT2D eigenvalue weighted by atomic mass is 9.70. The zero-order valence-corrected chi connectivity index (χ0v) is 21.1. The minimum absolute atomic E-state index is 0.119. The molecule has 1 atom stereocenters. The molecule has 1 saturated heterocycles. The van der Waals surface area contributed by atoms with E-state index >= 15 is 0 Å². The summed E-state index contributed by atoms with van der Waals surface area (Å²) in [6.45, 7) is 16.3. The Morgan fingerprint density at radius 3 is 2.48 bits per heavy atom. The van der Waals surface area contributed by atoms with Crippen molar-refractivity contribution in [3.05, 3.63) is 48.0 Å². The van der Waals surface area contributed by atoms with Crippen LogP contribution in [0.25, 0.3) is 10.8 Å². The van der Waals surface area contributed by atoms with Gasteiger partial charge in [0.15, 0.2) is 0 Å². The summed E-state index contributed by atoms with van der Waals surface area (Å²) >= 11 is 0. The van der Waals surface area contributed by atoms with Crippen LogP contribution in [-0.2, 0) is 14.9 Å². The van der Waals surface area contributed by atoms with Gasteiger partial charge in [-0.15, -0.1) is 0 Å². The Morgan fingerprint density at radius 2 is 1.79 bits per heavy atom. The van der Waals surface area contributed by atoms with Crippen molar-refractivity contribution < 1.29 is 9.53 Å². The topological polar surface area (TPSA) is 44.8 Å². The van der Waals surface area contributed by atoms with Gasteiger partial charge in [-0.05, 0) is 54.7 Å². The highest BCUT2D eigenvalue weighted by atomic mass is 16.5. The van der Waals surface area contributed by atoms with Crippen LogP contribution in [0.5, 0.6) is 0 Å². The summed E-state index contributed by atoms with van der Waals surface area (Å²) in [5.74, 6) is 0.645. The molecule has 1 heterocycles. The van der Waals surface area contributed by atoms with E-state index in [-0.39, 0.29) is 11.3 Å². The number of fused-ring (bicyclic) bond motifs is 1. The summed E-state index contributed by atoms with van der Waals surface area (Å²) in [6, 6.07) is 15.3. The highest BCUT2D eigenvalue weighted by molar-refractivity contribution is 5.87. The number of rotatable bonds is 12. The first-order valence-electron chi connectivity index (χ1n) is 12.7. The monoisotopic (exact) mass is 453 g/mol. The van der Waals surface area contributed by atoms with Gasteiger partial charge in [-0.2, -0.15) is 0 Å². The highest BCUT2D eigenvalue weighted by Crippen LogP contribution is 2.39.